The highest BCUT2D eigenvalue weighted by atomic mass is 35.5. The highest BCUT2D eigenvalue weighted by Gasteiger charge is 1.99. The third-order valence-corrected chi connectivity index (χ3v) is 1.66. The summed E-state index contributed by atoms with van der Waals surface area (Å²) in [5, 5.41) is 0.599. The molecule has 1 heterocycles. The van der Waals surface area contributed by atoms with Gasteiger partial charge in [-0.2, -0.15) is 0 Å². The van der Waals surface area contributed by atoms with Crippen LogP contribution in [-0.2, 0) is 6.42 Å². The van der Waals surface area contributed by atoms with E-state index < -0.39 is 0 Å². The summed E-state index contributed by atoms with van der Waals surface area (Å²) in [6.45, 7) is 2.09. The zero-order chi connectivity index (χ0) is 8.27. The molecule has 1 aromatic heterocycles. The predicted octanol–water partition coefficient (Wildman–Crippen LogP) is 2.27. The number of rotatable bonds is 2. The summed E-state index contributed by atoms with van der Waals surface area (Å²) in [5.74, 6) is 0. The molecule has 0 spiro atoms. The number of pyridine rings is 1. The molecule has 0 aliphatic rings. The molecule has 0 aliphatic heterocycles. The zero-order valence-corrected chi connectivity index (χ0v) is 7.23. The Morgan fingerprint density at radius 3 is 2.91 bits per heavy atom. The number of aryl methyl sites for hydroxylation is 1. The Hall–Kier alpha value is -0.760. The van der Waals surface area contributed by atoms with Crippen LogP contribution in [0.4, 0.5) is 5.69 Å². The van der Waals surface area contributed by atoms with Crippen molar-refractivity contribution >= 4 is 17.3 Å². The Bertz CT molecular complexity index is 248. The van der Waals surface area contributed by atoms with Gasteiger partial charge in [0.05, 0.1) is 16.4 Å². The molecule has 0 radical (unpaired) electrons. The van der Waals surface area contributed by atoms with Crippen LogP contribution in [-0.4, -0.2) is 4.98 Å². The summed E-state index contributed by atoms with van der Waals surface area (Å²) in [7, 11) is 0. The first-order chi connectivity index (χ1) is 5.24. The first kappa shape index (κ1) is 8.34. The fourth-order valence-electron chi connectivity index (χ4n) is 0.929. The molecule has 0 unspecified atom stereocenters. The van der Waals surface area contributed by atoms with Gasteiger partial charge in [-0.3, -0.25) is 4.98 Å². The lowest BCUT2D eigenvalue weighted by molar-refractivity contribution is 0.886. The third-order valence-electron chi connectivity index (χ3n) is 1.46. The molecule has 1 rings (SSSR count). The standard InChI is InChI=1S/C8H11ClN2/c1-2-3-8-7(10)4-6(9)5-11-8/h4-5H,2-3,10H2,1H3. The predicted molar refractivity (Wildman–Crippen MR) is 47.7 cm³/mol. The quantitative estimate of drug-likeness (QED) is 0.740. The zero-order valence-electron chi connectivity index (χ0n) is 6.47. The number of halogens is 1. The summed E-state index contributed by atoms with van der Waals surface area (Å²) < 4.78 is 0. The van der Waals surface area contributed by atoms with E-state index in [1.807, 2.05) is 0 Å². The van der Waals surface area contributed by atoms with Gasteiger partial charge in [0, 0.05) is 6.20 Å². The lowest BCUT2D eigenvalue weighted by Crippen LogP contribution is -1.96. The van der Waals surface area contributed by atoms with E-state index in [-0.39, 0.29) is 0 Å². The van der Waals surface area contributed by atoms with Crippen LogP contribution < -0.4 is 5.73 Å². The van der Waals surface area contributed by atoms with Crippen molar-refractivity contribution in [3.63, 3.8) is 0 Å². The highest BCUT2D eigenvalue weighted by Crippen LogP contribution is 2.15. The van der Waals surface area contributed by atoms with Gasteiger partial charge in [-0.1, -0.05) is 24.9 Å². The van der Waals surface area contributed by atoms with E-state index in [2.05, 4.69) is 11.9 Å². The minimum Gasteiger partial charge on any atom is -0.397 e. The van der Waals surface area contributed by atoms with Crippen molar-refractivity contribution in [2.75, 3.05) is 5.73 Å². The number of hydrogen-bond donors (Lipinski definition) is 1. The highest BCUT2D eigenvalue weighted by molar-refractivity contribution is 6.30. The van der Waals surface area contributed by atoms with Crippen LogP contribution >= 0.6 is 11.6 Å². The van der Waals surface area contributed by atoms with Crippen molar-refractivity contribution in [2.24, 2.45) is 0 Å². The Balaban J connectivity index is 2.90. The van der Waals surface area contributed by atoms with Crippen molar-refractivity contribution in [1.82, 2.24) is 4.98 Å². The Morgan fingerprint density at radius 1 is 1.64 bits per heavy atom. The molecule has 11 heavy (non-hydrogen) atoms. The van der Waals surface area contributed by atoms with Gasteiger partial charge in [0.2, 0.25) is 0 Å². The van der Waals surface area contributed by atoms with Crippen LogP contribution in [0.25, 0.3) is 0 Å². The Labute approximate surface area is 71.4 Å². The summed E-state index contributed by atoms with van der Waals surface area (Å²) in [4.78, 5) is 4.11. The average Bonchev–Trinajstić information content (AvgIpc) is 1.95. The molecule has 60 valence electrons. The second-order valence-corrected chi connectivity index (χ2v) is 2.88. The van der Waals surface area contributed by atoms with Gasteiger partial charge in [-0.05, 0) is 12.5 Å². The number of aromatic nitrogens is 1. The molecular formula is C8H11ClN2. The van der Waals surface area contributed by atoms with Gasteiger partial charge in [0.15, 0.2) is 0 Å². The maximum absolute atomic E-state index is 5.67. The van der Waals surface area contributed by atoms with E-state index in [0.29, 0.717) is 10.7 Å². The van der Waals surface area contributed by atoms with E-state index in [0.717, 1.165) is 18.5 Å². The second-order valence-electron chi connectivity index (χ2n) is 2.44. The molecule has 0 saturated heterocycles. The Kier molecular flexibility index (Phi) is 2.71. The molecule has 0 amide bonds. The number of nitrogens with zero attached hydrogens (tertiary/aromatic N) is 1. The lowest BCUT2D eigenvalue weighted by atomic mass is 10.2. The normalized spacial score (nSPS) is 10.0. The Morgan fingerprint density at radius 2 is 2.36 bits per heavy atom. The van der Waals surface area contributed by atoms with E-state index in [1.54, 1.807) is 12.3 Å². The van der Waals surface area contributed by atoms with Gasteiger partial charge < -0.3 is 5.73 Å². The van der Waals surface area contributed by atoms with Gasteiger partial charge in [-0.25, -0.2) is 0 Å². The maximum atomic E-state index is 5.67. The second kappa shape index (κ2) is 3.58. The molecule has 0 aliphatic carbocycles. The van der Waals surface area contributed by atoms with Crippen LogP contribution in [0.3, 0.4) is 0 Å². The number of nitrogens with two attached hydrogens (primary N) is 1. The summed E-state index contributed by atoms with van der Waals surface area (Å²) in [6, 6.07) is 1.74. The molecule has 0 saturated carbocycles. The van der Waals surface area contributed by atoms with Crippen LogP contribution in [0.1, 0.15) is 19.0 Å². The minimum absolute atomic E-state index is 0.599. The van der Waals surface area contributed by atoms with Crippen LogP contribution in [0.5, 0.6) is 0 Å². The van der Waals surface area contributed by atoms with Crippen LogP contribution in [0, 0.1) is 0 Å². The van der Waals surface area contributed by atoms with Crippen LogP contribution in [0.2, 0.25) is 5.02 Å². The molecule has 2 nitrogen and oxygen atoms in total. The van der Waals surface area contributed by atoms with E-state index >= 15 is 0 Å². The first-order valence-electron chi connectivity index (χ1n) is 3.64. The fourth-order valence-corrected chi connectivity index (χ4v) is 1.10. The smallest absolute Gasteiger partial charge is 0.0633 e. The molecule has 0 bridgehead atoms. The van der Waals surface area contributed by atoms with Crippen molar-refractivity contribution in [1.29, 1.82) is 0 Å². The van der Waals surface area contributed by atoms with E-state index in [4.69, 9.17) is 17.3 Å². The summed E-state index contributed by atoms with van der Waals surface area (Å²) in [5.41, 5.74) is 7.30. The van der Waals surface area contributed by atoms with E-state index in [1.165, 1.54) is 0 Å². The van der Waals surface area contributed by atoms with Crippen LogP contribution in [0.15, 0.2) is 12.3 Å². The largest absolute Gasteiger partial charge is 0.397 e. The number of hydrogen-bond acceptors (Lipinski definition) is 2. The topological polar surface area (TPSA) is 38.9 Å². The minimum atomic E-state index is 0.599. The third kappa shape index (κ3) is 2.09. The summed E-state index contributed by atoms with van der Waals surface area (Å²) >= 11 is 5.67. The fraction of sp³-hybridized carbons (Fsp3) is 0.375. The van der Waals surface area contributed by atoms with Gasteiger partial charge in [-0.15, -0.1) is 0 Å². The van der Waals surface area contributed by atoms with Gasteiger partial charge in [0.1, 0.15) is 0 Å². The van der Waals surface area contributed by atoms with Crippen molar-refractivity contribution < 1.29 is 0 Å². The molecule has 0 fully saturated rings. The van der Waals surface area contributed by atoms with E-state index in [9.17, 15) is 0 Å². The van der Waals surface area contributed by atoms with Gasteiger partial charge >= 0.3 is 0 Å². The molecule has 2 N–H and O–H groups in total. The SMILES string of the molecule is CCCc1ncc(Cl)cc1N. The number of nitrogen functional groups attached to an aromatic ring is 1. The maximum Gasteiger partial charge on any atom is 0.0633 e. The molecule has 3 heteroatoms. The molecule has 0 aromatic carbocycles. The van der Waals surface area contributed by atoms with Crippen molar-refractivity contribution in [2.45, 2.75) is 19.8 Å². The molecule has 0 atom stereocenters. The molecule has 1 aromatic rings. The van der Waals surface area contributed by atoms with Gasteiger partial charge in [0.25, 0.3) is 0 Å². The average molecular weight is 171 g/mol. The van der Waals surface area contributed by atoms with Crippen molar-refractivity contribution in [3.05, 3.63) is 23.0 Å². The molecular weight excluding hydrogens is 160 g/mol. The lowest BCUT2D eigenvalue weighted by Gasteiger charge is -2.01. The van der Waals surface area contributed by atoms with Crippen molar-refractivity contribution in [3.8, 4) is 0 Å². The summed E-state index contributed by atoms with van der Waals surface area (Å²) in [6.07, 6.45) is 3.60. The first-order valence-corrected chi connectivity index (χ1v) is 4.01. The number of anilines is 1. The monoisotopic (exact) mass is 170 g/mol.